The Morgan fingerprint density at radius 1 is 1.18 bits per heavy atom. The molecule has 1 aromatic heterocycles. The van der Waals surface area contributed by atoms with E-state index in [-0.39, 0.29) is 0 Å². The summed E-state index contributed by atoms with van der Waals surface area (Å²) in [5, 5.41) is 5.07. The molecule has 1 heterocycles. The largest absolute Gasteiger partial charge is 0.310 e. The van der Waals surface area contributed by atoms with Gasteiger partial charge in [-0.25, -0.2) is 0 Å². The van der Waals surface area contributed by atoms with Crippen LogP contribution in [0.3, 0.4) is 0 Å². The summed E-state index contributed by atoms with van der Waals surface area (Å²) < 4.78 is 0. The minimum absolute atomic E-state index is 0.566. The Kier molecular flexibility index (Phi) is 4.77. The van der Waals surface area contributed by atoms with Crippen LogP contribution < -0.4 is 5.32 Å². The van der Waals surface area contributed by atoms with E-state index in [1.54, 1.807) is 0 Å². The number of aromatic nitrogens is 1. The van der Waals surface area contributed by atoms with Crippen LogP contribution in [0.15, 0.2) is 18.2 Å². The fourth-order valence-electron chi connectivity index (χ4n) is 3.51. The van der Waals surface area contributed by atoms with Gasteiger partial charge >= 0.3 is 0 Å². The molecule has 1 atom stereocenters. The summed E-state index contributed by atoms with van der Waals surface area (Å²) in [6.45, 7) is 7.72. The van der Waals surface area contributed by atoms with Crippen LogP contribution in [0.4, 0.5) is 0 Å². The second-order valence-electron chi connectivity index (χ2n) is 6.58. The van der Waals surface area contributed by atoms with Crippen molar-refractivity contribution in [3.05, 3.63) is 40.6 Å². The van der Waals surface area contributed by atoms with E-state index in [1.807, 2.05) is 0 Å². The molecule has 0 saturated carbocycles. The molecule has 2 nitrogen and oxygen atoms in total. The van der Waals surface area contributed by atoms with Crippen molar-refractivity contribution in [2.24, 2.45) is 0 Å². The minimum Gasteiger partial charge on any atom is -0.310 e. The third-order valence-corrected chi connectivity index (χ3v) is 5.12. The molecule has 1 aromatic carbocycles. The molecule has 0 spiro atoms. The first kappa shape index (κ1) is 15.5. The van der Waals surface area contributed by atoms with Crippen molar-refractivity contribution < 1.29 is 0 Å². The highest BCUT2D eigenvalue weighted by atomic mass is 14.9. The molecule has 0 bridgehead atoms. The van der Waals surface area contributed by atoms with E-state index in [9.17, 15) is 0 Å². The average Bonchev–Trinajstić information content (AvgIpc) is 2.57. The van der Waals surface area contributed by atoms with E-state index in [0.29, 0.717) is 6.04 Å². The van der Waals surface area contributed by atoms with Gasteiger partial charge in [0.1, 0.15) is 0 Å². The van der Waals surface area contributed by atoms with Crippen molar-refractivity contribution >= 4 is 10.9 Å². The lowest BCUT2D eigenvalue weighted by atomic mass is 9.89. The van der Waals surface area contributed by atoms with Gasteiger partial charge in [-0.2, -0.15) is 0 Å². The van der Waals surface area contributed by atoms with Gasteiger partial charge < -0.3 is 5.32 Å². The fourth-order valence-corrected chi connectivity index (χ4v) is 3.51. The maximum Gasteiger partial charge on any atom is 0.0740 e. The Morgan fingerprint density at radius 2 is 2.00 bits per heavy atom. The van der Waals surface area contributed by atoms with E-state index in [2.05, 4.69) is 44.3 Å². The smallest absolute Gasteiger partial charge is 0.0740 e. The monoisotopic (exact) mass is 296 g/mol. The quantitative estimate of drug-likeness (QED) is 0.874. The molecule has 0 radical (unpaired) electrons. The first-order valence-electron chi connectivity index (χ1n) is 8.90. The van der Waals surface area contributed by atoms with E-state index >= 15 is 0 Å². The van der Waals surface area contributed by atoms with Gasteiger partial charge in [-0.05, 0) is 62.1 Å². The molecule has 0 fully saturated rings. The third-order valence-electron chi connectivity index (χ3n) is 5.12. The van der Waals surface area contributed by atoms with Gasteiger partial charge in [0, 0.05) is 23.7 Å². The molecule has 1 aliphatic rings. The van der Waals surface area contributed by atoms with Crippen LogP contribution in [-0.4, -0.2) is 11.0 Å². The Morgan fingerprint density at radius 3 is 2.77 bits per heavy atom. The van der Waals surface area contributed by atoms with Gasteiger partial charge in [0.25, 0.3) is 0 Å². The molecule has 1 N–H and O–H groups in total. The van der Waals surface area contributed by atoms with E-state index in [4.69, 9.17) is 4.98 Å². The maximum absolute atomic E-state index is 5.07. The standard InChI is InChI=1S/C20H28N2/c1-4-14(3)21-13-18-16-10-6-7-12-19(16)22-20-15(5-2)9-8-11-17(18)20/h8-9,11,14,21H,4-7,10,12-13H2,1-3H3. The maximum atomic E-state index is 5.07. The molecule has 118 valence electrons. The predicted octanol–water partition coefficient (Wildman–Crippen LogP) is 4.56. The van der Waals surface area contributed by atoms with Gasteiger partial charge in [0.2, 0.25) is 0 Å². The number of pyridine rings is 1. The highest BCUT2D eigenvalue weighted by Crippen LogP contribution is 2.31. The molecular weight excluding hydrogens is 268 g/mol. The van der Waals surface area contributed by atoms with Gasteiger partial charge in [-0.1, -0.05) is 32.0 Å². The molecule has 0 amide bonds. The summed E-state index contributed by atoms with van der Waals surface area (Å²) >= 11 is 0. The van der Waals surface area contributed by atoms with Gasteiger partial charge in [0.05, 0.1) is 5.52 Å². The Hall–Kier alpha value is -1.41. The lowest BCUT2D eigenvalue weighted by molar-refractivity contribution is 0.531. The number of rotatable bonds is 5. The predicted molar refractivity (Wildman–Crippen MR) is 94.4 cm³/mol. The van der Waals surface area contributed by atoms with Crippen LogP contribution in [0.25, 0.3) is 10.9 Å². The lowest BCUT2D eigenvalue weighted by Gasteiger charge is -2.23. The number of fused-ring (bicyclic) bond motifs is 2. The topological polar surface area (TPSA) is 24.9 Å². The number of benzene rings is 1. The van der Waals surface area contributed by atoms with Crippen molar-refractivity contribution in [3.63, 3.8) is 0 Å². The fraction of sp³-hybridized carbons (Fsp3) is 0.550. The van der Waals surface area contributed by atoms with Crippen molar-refractivity contribution in [3.8, 4) is 0 Å². The van der Waals surface area contributed by atoms with Gasteiger partial charge in [-0.3, -0.25) is 4.98 Å². The van der Waals surface area contributed by atoms with Crippen molar-refractivity contribution in [1.82, 2.24) is 10.3 Å². The van der Waals surface area contributed by atoms with E-state index < -0.39 is 0 Å². The summed E-state index contributed by atoms with van der Waals surface area (Å²) in [5.74, 6) is 0. The highest BCUT2D eigenvalue weighted by molar-refractivity contribution is 5.86. The molecule has 1 aliphatic carbocycles. The zero-order valence-electron chi connectivity index (χ0n) is 14.2. The number of hydrogen-bond donors (Lipinski definition) is 1. The Labute approximate surface area is 134 Å². The number of aryl methyl sites for hydroxylation is 2. The van der Waals surface area contributed by atoms with Crippen LogP contribution in [0.1, 0.15) is 62.4 Å². The lowest BCUT2D eigenvalue weighted by Crippen LogP contribution is -2.26. The van der Waals surface area contributed by atoms with Crippen LogP contribution in [0.5, 0.6) is 0 Å². The molecule has 0 aliphatic heterocycles. The highest BCUT2D eigenvalue weighted by Gasteiger charge is 2.19. The number of nitrogens with one attached hydrogen (secondary N) is 1. The molecule has 2 heteroatoms. The molecule has 22 heavy (non-hydrogen) atoms. The SMILES string of the molecule is CCc1cccc2c(CNC(C)CC)c3c(nc12)CCCC3. The normalized spacial score (nSPS) is 15.8. The van der Waals surface area contributed by atoms with Crippen LogP contribution >= 0.6 is 0 Å². The zero-order chi connectivity index (χ0) is 15.5. The first-order valence-corrected chi connectivity index (χ1v) is 8.90. The van der Waals surface area contributed by atoms with Gasteiger partial charge in [0.15, 0.2) is 0 Å². The van der Waals surface area contributed by atoms with E-state index in [0.717, 1.165) is 19.4 Å². The Bertz CT molecular complexity index is 660. The molecular formula is C20H28N2. The van der Waals surface area contributed by atoms with Crippen LogP contribution in [0.2, 0.25) is 0 Å². The third kappa shape index (κ3) is 2.89. The molecule has 2 aromatic rings. The number of nitrogens with zero attached hydrogens (tertiary/aromatic N) is 1. The average molecular weight is 296 g/mol. The molecule has 1 unspecified atom stereocenters. The second-order valence-corrected chi connectivity index (χ2v) is 6.58. The van der Waals surface area contributed by atoms with Crippen LogP contribution in [-0.2, 0) is 25.8 Å². The van der Waals surface area contributed by atoms with Crippen LogP contribution in [0, 0.1) is 0 Å². The molecule has 3 rings (SSSR count). The summed E-state index contributed by atoms with van der Waals surface area (Å²) in [7, 11) is 0. The first-order chi connectivity index (χ1) is 10.7. The summed E-state index contributed by atoms with van der Waals surface area (Å²) in [6, 6.07) is 7.27. The Balaban J connectivity index is 2.13. The van der Waals surface area contributed by atoms with Gasteiger partial charge in [-0.15, -0.1) is 0 Å². The second kappa shape index (κ2) is 6.78. The number of hydrogen-bond acceptors (Lipinski definition) is 2. The summed E-state index contributed by atoms with van der Waals surface area (Å²) in [4.78, 5) is 5.07. The zero-order valence-corrected chi connectivity index (χ0v) is 14.2. The number of para-hydroxylation sites is 1. The van der Waals surface area contributed by atoms with Crippen molar-refractivity contribution in [2.75, 3.05) is 0 Å². The van der Waals surface area contributed by atoms with E-state index in [1.165, 1.54) is 59.0 Å². The summed E-state index contributed by atoms with van der Waals surface area (Å²) in [5.41, 5.74) is 7.03. The summed E-state index contributed by atoms with van der Waals surface area (Å²) in [6.07, 6.45) is 7.18. The molecule has 0 saturated heterocycles. The van der Waals surface area contributed by atoms with Crippen molar-refractivity contribution in [1.29, 1.82) is 0 Å². The van der Waals surface area contributed by atoms with Crippen molar-refractivity contribution in [2.45, 2.75) is 71.9 Å². The minimum atomic E-state index is 0.566.